The highest BCUT2D eigenvalue weighted by Gasteiger charge is 2.18. The zero-order chi connectivity index (χ0) is 13.4. The molecule has 0 radical (unpaired) electrons. The highest BCUT2D eigenvalue weighted by atomic mass is 15.1. The molecule has 96 valence electrons. The summed E-state index contributed by atoms with van der Waals surface area (Å²) in [5.74, 6) is 0. The molecule has 2 heteroatoms. The van der Waals surface area contributed by atoms with E-state index in [1.165, 1.54) is 27.9 Å². The maximum Gasteiger partial charge on any atom is 0.0429 e. The largest absolute Gasteiger partial charge is 0.372 e. The van der Waals surface area contributed by atoms with Crippen molar-refractivity contribution in [3.05, 3.63) is 28.3 Å². The molecular formula is C15H26N2. The van der Waals surface area contributed by atoms with Gasteiger partial charge in [0.2, 0.25) is 0 Å². The minimum absolute atomic E-state index is 0.175. The van der Waals surface area contributed by atoms with Crippen LogP contribution in [0.2, 0.25) is 0 Å². The molecule has 0 spiro atoms. The number of benzene rings is 1. The first kappa shape index (κ1) is 14.0. The lowest BCUT2D eigenvalue weighted by Gasteiger charge is -2.31. The van der Waals surface area contributed by atoms with Crippen LogP contribution in [0.1, 0.15) is 36.1 Å². The summed E-state index contributed by atoms with van der Waals surface area (Å²) < 4.78 is 0. The number of hydrogen-bond acceptors (Lipinski definition) is 2. The van der Waals surface area contributed by atoms with E-state index in [1.54, 1.807) is 0 Å². The Hall–Kier alpha value is -1.02. The highest BCUT2D eigenvalue weighted by molar-refractivity contribution is 5.63. The van der Waals surface area contributed by atoms with E-state index in [1.807, 2.05) is 0 Å². The average Bonchev–Trinajstić information content (AvgIpc) is 2.12. The minimum Gasteiger partial charge on any atom is -0.372 e. The van der Waals surface area contributed by atoms with Gasteiger partial charge < -0.3 is 10.6 Å². The lowest BCUT2D eigenvalue weighted by molar-refractivity contribution is 0.518. The van der Waals surface area contributed by atoms with Crippen molar-refractivity contribution in [3.8, 4) is 0 Å². The van der Waals surface area contributed by atoms with Gasteiger partial charge in [-0.3, -0.25) is 0 Å². The monoisotopic (exact) mass is 234 g/mol. The summed E-state index contributed by atoms with van der Waals surface area (Å²) in [6.45, 7) is 13.7. The van der Waals surface area contributed by atoms with E-state index in [2.05, 4.69) is 59.6 Å². The standard InChI is InChI=1S/C15H26N2/c1-10-8-11(2)13(4)14(12(10)3)17(7)9-15(5,6)16/h8H,9,16H2,1-7H3. The average molecular weight is 234 g/mol. The van der Waals surface area contributed by atoms with Crippen LogP contribution in [0.25, 0.3) is 0 Å². The number of hydrogen-bond donors (Lipinski definition) is 1. The Bertz CT molecular complexity index is 388. The first-order valence-corrected chi connectivity index (χ1v) is 6.21. The molecule has 0 saturated carbocycles. The van der Waals surface area contributed by atoms with Crippen molar-refractivity contribution in [2.45, 2.75) is 47.1 Å². The van der Waals surface area contributed by atoms with E-state index in [9.17, 15) is 0 Å². The van der Waals surface area contributed by atoms with Crippen molar-refractivity contribution in [2.75, 3.05) is 18.5 Å². The molecule has 0 saturated heterocycles. The predicted molar refractivity (Wildman–Crippen MR) is 76.9 cm³/mol. The van der Waals surface area contributed by atoms with Crippen molar-refractivity contribution in [2.24, 2.45) is 5.73 Å². The van der Waals surface area contributed by atoms with Crippen LogP contribution in [0.5, 0.6) is 0 Å². The van der Waals surface area contributed by atoms with Crippen LogP contribution in [0, 0.1) is 27.7 Å². The SMILES string of the molecule is Cc1cc(C)c(C)c(N(C)CC(C)(C)N)c1C. The second-order valence-electron chi connectivity index (χ2n) is 5.95. The molecule has 0 heterocycles. The second-order valence-corrected chi connectivity index (χ2v) is 5.95. The lowest BCUT2D eigenvalue weighted by Crippen LogP contribution is -2.44. The first-order chi connectivity index (χ1) is 7.63. The molecule has 0 atom stereocenters. The summed E-state index contributed by atoms with van der Waals surface area (Å²) in [6.07, 6.45) is 0. The van der Waals surface area contributed by atoms with E-state index in [0.29, 0.717) is 0 Å². The lowest BCUT2D eigenvalue weighted by atomic mass is 9.97. The summed E-state index contributed by atoms with van der Waals surface area (Å²) in [5.41, 5.74) is 12.7. The molecular weight excluding hydrogens is 208 g/mol. The van der Waals surface area contributed by atoms with E-state index in [4.69, 9.17) is 5.73 Å². The van der Waals surface area contributed by atoms with Gasteiger partial charge in [0.1, 0.15) is 0 Å². The molecule has 17 heavy (non-hydrogen) atoms. The van der Waals surface area contributed by atoms with Gasteiger partial charge in [0.25, 0.3) is 0 Å². The summed E-state index contributed by atoms with van der Waals surface area (Å²) in [4.78, 5) is 2.28. The fourth-order valence-corrected chi connectivity index (χ4v) is 2.46. The molecule has 0 fully saturated rings. The third-order valence-electron chi connectivity index (χ3n) is 3.35. The molecule has 2 nitrogen and oxygen atoms in total. The quantitative estimate of drug-likeness (QED) is 0.871. The fraction of sp³-hybridized carbons (Fsp3) is 0.600. The van der Waals surface area contributed by atoms with Crippen molar-refractivity contribution in [1.82, 2.24) is 0 Å². The van der Waals surface area contributed by atoms with Crippen LogP contribution in [0.4, 0.5) is 5.69 Å². The van der Waals surface area contributed by atoms with Gasteiger partial charge in [-0.2, -0.15) is 0 Å². The van der Waals surface area contributed by atoms with Gasteiger partial charge in [-0.1, -0.05) is 6.07 Å². The van der Waals surface area contributed by atoms with Crippen LogP contribution in [-0.2, 0) is 0 Å². The molecule has 0 unspecified atom stereocenters. The maximum atomic E-state index is 6.11. The number of nitrogens with two attached hydrogens (primary N) is 1. The molecule has 1 aromatic carbocycles. The highest BCUT2D eigenvalue weighted by Crippen LogP contribution is 2.29. The molecule has 0 amide bonds. The first-order valence-electron chi connectivity index (χ1n) is 6.21. The number of likely N-dealkylation sites (N-methyl/N-ethyl adjacent to an activating group) is 1. The van der Waals surface area contributed by atoms with E-state index in [-0.39, 0.29) is 5.54 Å². The van der Waals surface area contributed by atoms with Gasteiger partial charge >= 0.3 is 0 Å². The van der Waals surface area contributed by atoms with Gasteiger partial charge in [-0.05, 0) is 63.8 Å². The molecule has 0 aliphatic carbocycles. The molecule has 0 aliphatic rings. The van der Waals surface area contributed by atoms with Crippen molar-refractivity contribution >= 4 is 5.69 Å². The molecule has 0 bridgehead atoms. The summed E-state index contributed by atoms with van der Waals surface area (Å²) in [6, 6.07) is 2.26. The Balaban J connectivity index is 3.21. The van der Waals surface area contributed by atoms with Crippen LogP contribution in [-0.4, -0.2) is 19.1 Å². The summed E-state index contributed by atoms with van der Waals surface area (Å²) >= 11 is 0. The second kappa shape index (κ2) is 4.69. The fourth-order valence-electron chi connectivity index (χ4n) is 2.46. The Morgan fingerprint density at radius 2 is 1.47 bits per heavy atom. The zero-order valence-electron chi connectivity index (χ0n) is 12.3. The topological polar surface area (TPSA) is 29.3 Å². The Morgan fingerprint density at radius 3 is 1.82 bits per heavy atom. The smallest absolute Gasteiger partial charge is 0.0429 e. The van der Waals surface area contributed by atoms with Crippen molar-refractivity contribution in [3.63, 3.8) is 0 Å². The normalized spacial score (nSPS) is 11.8. The van der Waals surface area contributed by atoms with Crippen LogP contribution < -0.4 is 10.6 Å². The Labute approximate surface area is 106 Å². The van der Waals surface area contributed by atoms with Crippen LogP contribution in [0.15, 0.2) is 6.07 Å². The third kappa shape index (κ3) is 3.22. The maximum absolute atomic E-state index is 6.11. The van der Waals surface area contributed by atoms with Gasteiger partial charge in [-0.25, -0.2) is 0 Å². The van der Waals surface area contributed by atoms with E-state index < -0.39 is 0 Å². The van der Waals surface area contributed by atoms with Crippen molar-refractivity contribution in [1.29, 1.82) is 0 Å². The van der Waals surface area contributed by atoms with Crippen LogP contribution >= 0.6 is 0 Å². The summed E-state index contributed by atoms with van der Waals surface area (Å²) in [5, 5.41) is 0. The van der Waals surface area contributed by atoms with Gasteiger partial charge in [0, 0.05) is 24.8 Å². The number of nitrogens with zero attached hydrogens (tertiary/aromatic N) is 1. The number of anilines is 1. The zero-order valence-corrected chi connectivity index (χ0v) is 12.3. The predicted octanol–water partition coefficient (Wildman–Crippen LogP) is 3.09. The third-order valence-corrected chi connectivity index (χ3v) is 3.35. The number of rotatable bonds is 3. The number of aryl methyl sites for hydroxylation is 2. The molecule has 2 N–H and O–H groups in total. The van der Waals surface area contributed by atoms with Gasteiger partial charge in [0.15, 0.2) is 0 Å². The Morgan fingerprint density at radius 1 is 1.06 bits per heavy atom. The van der Waals surface area contributed by atoms with Gasteiger partial charge in [0.05, 0.1) is 0 Å². The molecule has 1 rings (SSSR count). The van der Waals surface area contributed by atoms with Crippen LogP contribution in [0.3, 0.4) is 0 Å². The van der Waals surface area contributed by atoms with E-state index >= 15 is 0 Å². The van der Waals surface area contributed by atoms with Gasteiger partial charge in [-0.15, -0.1) is 0 Å². The van der Waals surface area contributed by atoms with Crippen molar-refractivity contribution < 1.29 is 0 Å². The Kier molecular flexibility index (Phi) is 3.88. The summed E-state index contributed by atoms with van der Waals surface area (Å²) in [7, 11) is 2.13. The molecule has 1 aromatic rings. The van der Waals surface area contributed by atoms with E-state index in [0.717, 1.165) is 6.54 Å². The molecule has 0 aromatic heterocycles. The molecule has 0 aliphatic heterocycles. The minimum atomic E-state index is -0.175.